The number of likely N-dealkylation sites (N-methyl/N-ethyl adjacent to an activating group) is 1. The predicted octanol–water partition coefficient (Wildman–Crippen LogP) is 7.33. The molecular formula is C24H49NO4P+. The second-order valence-corrected chi connectivity index (χ2v) is 11.6. The fourth-order valence-electron chi connectivity index (χ4n) is 5.37. The van der Waals surface area contributed by atoms with Gasteiger partial charge in [0.15, 0.2) is 6.10 Å². The van der Waals surface area contributed by atoms with Gasteiger partial charge < -0.3 is 4.89 Å². The number of rotatable bonds is 17. The van der Waals surface area contributed by atoms with Crippen molar-refractivity contribution in [2.45, 2.75) is 134 Å². The average molecular weight is 447 g/mol. The number of hydrogen-bond donors (Lipinski definition) is 1. The largest absolute Gasteiger partial charge is 0.477 e. The summed E-state index contributed by atoms with van der Waals surface area (Å²) in [6.45, 7) is 3.21. The highest BCUT2D eigenvalue weighted by atomic mass is 31.2. The van der Waals surface area contributed by atoms with Crippen LogP contribution in [0.5, 0.6) is 0 Å². The summed E-state index contributed by atoms with van der Waals surface area (Å²) >= 11 is 0. The lowest BCUT2D eigenvalue weighted by Gasteiger charge is -2.40. The summed E-state index contributed by atoms with van der Waals surface area (Å²) in [6.07, 6.45) is 23.0. The van der Waals surface area contributed by atoms with Gasteiger partial charge in [-0.15, -0.1) is 0 Å². The number of fused-ring (bicyclic) bond motifs is 1. The first-order valence-electron chi connectivity index (χ1n) is 12.9. The first kappa shape index (κ1) is 26.3. The van der Waals surface area contributed by atoms with Gasteiger partial charge in [0.05, 0.1) is 20.6 Å². The van der Waals surface area contributed by atoms with E-state index in [0.29, 0.717) is 4.48 Å². The number of phosphoric acid groups is 1. The smallest absolute Gasteiger partial charge is 0.302 e. The minimum atomic E-state index is -3.87. The van der Waals surface area contributed by atoms with Crippen molar-refractivity contribution in [3.05, 3.63) is 0 Å². The van der Waals surface area contributed by atoms with Gasteiger partial charge >= 0.3 is 7.82 Å². The van der Waals surface area contributed by atoms with Gasteiger partial charge in [0.2, 0.25) is 5.72 Å². The third kappa shape index (κ3) is 7.89. The highest BCUT2D eigenvalue weighted by molar-refractivity contribution is 7.47. The van der Waals surface area contributed by atoms with Crippen LogP contribution in [-0.4, -0.2) is 41.8 Å². The van der Waals surface area contributed by atoms with Gasteiger partial charge in [0.25, 0.3) is 0 Å². The molecule has 0 aromatic carbocycles. The Morgan fingerprint density at radius 3 is 1.73 bits per heavy atom. The number of hydrogen-bond acceptors (Lipinski definition) is 3. The van der Waals surface area contributed by atoms with E-state index in [2.05, 4.69) is 21.0 Å². The Bertz CT molecular complexity index is 527. The summed E-state index contributed by atoms with van der Waals surface area (Å²) in [5.41, 5.74) is -0.625. The molecule has 0 bridgehead atoms. The molecule has 0 spiro atoms. The van der Waals surface area contributed by atoms with Crippen molar-refractivity contribution < 1.29 is 23.0 Å². The van der Waals surface area contributed by atoms with Crippen molar-refractivity contribution in [1.29, 1.82) is 0 Å². The minimum absolute atomic E-state index is 0.236. The molecule has 2 saturated heterocycles. The molecule has 0 amide bonds. The van der Waals surface area contributed by atoms with Crippen LogP contribution in [0, 0.1) is 0 Å². The van der Waals surface area contributed by atoms with Crippen molar-refractivity contribution >= 4 is 7.82 Å². The molecule has 2 heterocycles. The van der Waals surface area contributed by atoms with Crippen molar-refractivity contribution in [2.24, 2.45) is 0 Å². The minimum Gasteiger partial charge on any atom is -0.302 e. The zero-order chi connectivity index (χ0) is 21.9. The summed E-state index contributed by atoms with van der Waals surface area (Å²) in [5.74, 6) is 0. The van der Waals surface area contributed by atoms with Gasteiger partial charge in [-0.25, -0.2) is 9.09 Å². The molecule has 0 aliphatic carbocycles. The maximum Gasteiger partial charge on any atom is 0.477 e. The van der Waals surface area contributed by atoms with E-state index in [9.17, 15) is 9.46 Å². The summed E-state index contributed by atoms with van der Waals surface area (Å²) in [5, 5.41) is 0. The molecule has 0 saturated carbocycles. The average Bonchev–Trinajstić information content (AvgIpc) is 3.09. The Morgan fingerprint density at radius 2 is 1.27 bits per heavy atom. The lowest BCUT2D eigenvalue weighted by atomic mass is 9.97. The van der Waals surface area contributed by atoms with Crippen LogP contribution in [0.25, 0.3) is 0 Å². The molecule has 2 aliphatic heterocycles. The van der Waals surface area contributed by atoms with Crippen LogP contribution in [0.3, 0.4) is 0 Å². The SMILES string of the molecule is CCCCCCCCCCCCCCCCCCC12OP(=O)(O)OC1CC[N+]2(C)C. The van der Waals surface area contributed by atoms with Crippen molar-refractivity contribution in [2.75, 3.05) is 20.6 Å². The highest BCUT2D eigenvalue weighted by Gasteiger charge is 2.68. The lowest BCUT2D eigenvalue weighted by molar-refractivity contribution is -0.950. The standard InChI is InChI=1S/C24H48NO4P/c1-4-5-6-7-8-9-10-11-12-13-14-15-16-17-18-19-21-24-23(20-22-25(24,2)3)28-30(26,27)29-24/h23H,4-22H2,1-3H3/p+1. The van der Waals surface area contributed by atoms with Gasteiger partial charge in [-0.3, -0.25) is 9.01 Å². The fraction of sp³-hybridized carbons (Fsp3) is 1.00. The second kappa shape index (κ2) is 12.9. The fourth-order valence-corrected chi connectivity index (χ4v) is 6.83. The molecule has 0 aromatic rings. The van der Waals surface area contributed by atoms with Crippen LogP contribution < -0.4 is 0 Å². The zero-order valence-electron chi connectivity index (χ0n) is 20.1. The van der Waals surface area contributed by atoms with Crippen LogP contribution in [-0.2, 0) is 13.6 Å². The third-order valence-corrected chi connectivity index (χ3v) is 8.47. The van der Waals surface area contributed by atoms with Crippen molar-refractivity contribution in [3.63, 3.8) is 0 Å². The monoisotopic (exact) mass is 446 g/mol. The molecule has 2 fully saturated rings. The number of likely N-dealkylation sites (tertiary alicyclic amines) is 1. The Morgan fingerprint density at radius 1 is 0.833 bits per heavy atom. The Kier molecular flexibility index (Phi) is 11.4. The molecule has 0 radical (unpaired) electrons. The molecule has 5 nitrogen and oxygen atoms in total. The Hall–Kier alpha value is 0.0700. The predicted molar refractivity (Wildman–Crippen MR) is 124 cm³/mol. The zero-order valence-corrected chi connectivity index (χ0v) is 21.0. The Labute approximate surface area is 186 Å². The normalized spacial score (nSPS) is 30.1. The molecule has 2 aliphatic rings. The van der Waals surface area contributed by atoms with E-state index in [4.69, 9.17) is 9.05 Å². The van der Waals surface area contributed by atoms with E-state index < -0.39 is 13.5 Å². The molecule has 3 unspecified atom stereocenters. The molecule has 6 heteroatoms. The van der Waals surface area contributed by atoms with Crippen LogP contribution in [0.2, 0.25) is 0 Å². The first-order chi connectivity index (χ1) is 14.3. The van der Waals surface area contributed by atoms with Crippen molar-refractivity contribution in [1.82, 2.24) is 0 Å². The summed E-state index contributed by atoms with van der Waals surface area (Å²) in [6, 6.07) is 0. The van der Waals surface area contributed by atoms with Crippen molar-refractivity contribution in [3.8, 4) is 0 Å². The van der Waals surface area contributed by atoms with Gasteiger partial charge in [0.1, 0.15) is 0 Å². The summed E-state index contributed by atoms with van der Waals surface area (Å²) < 4.78 is 23.6. The first-order valence-corrected chi connectivity index (χ1v) is 14.4. The lowest BCUT2D eigenvalue weighted by Crippen LogP contribution is -2.58. The topological polar surface area (TPSA) is 55.8 Å². The maximum atomic E-state index is 12.0. The molecule has 30 heavy (non-hydrogen) atoms. The molecular weight excluding hydrogens is 397 g/mol. The Balaban J connectivity index is 1.44. The summed E-state index contributed by atoms with van der Waals surface area (Å²) in [4.78, 5) is 9.83. The van der Waals surface area contributed by atoms with Crippen LogP contribution >= 0.6 is 7.82 Å². The number of phosphoric ester groups is 1. The van der Waals surface area contributed by atoms with Gasteiger partial charge in [-0.05, 0) is 6.42 Å². The second-order valence-electron chi connectivity index (χ2n) is 10.2. The van der Waals surface area contributed by atoms with E-state index in [1.807, 2.05) is 0 Å². The van der Waals surface area contributed by atoms with Crippen LogP contribution in [0.4, 0.5) is 0 Å². The van der Waals surface area contributed by atoms with E-state index in [-0.39, 0.29) is 6.10 Å². The van der Waals surface area contributed by atoms with Gasteiger partial charge in [-0.2, -0.15) is 0 Å². The van der Waals surface area contributed by atoms with E-state index in [0.717, 1.165) is 25.8 Å². The van der Waals surface area contributed by atoms with E-state index >= 15 is 0 Å². The van der Waals surface area contributed by atoms with Crippen LogP contribution in [0.1, 0.15) is 122 Å². The van der Waals surface area contributed by atoms with E-state index in [1.165, 1.54) is 96.3 Å². The number of nitrogens with zero attached hydrogens (tertiary/aromatic N) is 1. The third-order valence-electron chi connectivity index (χ3n) is 7.40. The van der Waals surface area contributed by atoms with Gasteiger partial charge in [-0.1, -0.05) is 103 Å². The molecule has 178 valence electrons. The van der Waals surface area contributed by atoms with E-state index in [1.54, 1.807) is 0 Å². The molecule has 3 atom stereocenters. The van der Waals surface area contributed by atoms with Crippen LogP contribution in [0.15, 0.2) is 0 Å². The summed E-state index contributed by atoms with van der Waals surface area (Å²) in [7, 11) is 0.324. The molecule has 0 aromatic heterocycles. The quantitative estimate of drug-likeness (QED) is 0.144. The number of quaternary nitrogens is 1. The molecule has 2 rings (SSSR count). The number of unbranched alkanes of at least 4 members (excludes halogenated alkanes) is 15. The maximum absolute atomic E-state index is 12.0. The molecule has 1 N–H and O–H groups in total. The van der Waals surface area contributed by atoms with Gasteiger partial charge in [0, 0.05) is 12.8 Å². The highest BCUT2D eigenvalue weighted by Crippen LogP contribution is 2.63.